The molecule has 0 fully saturated rings. The van der Waals surface area contributed by atoms with Crippen LogP contribution in [0.1, 0.15) is 52.7 Å². The highest BCUT2D eigenvalue weighted by Crippen LogP contribution is 2.51. The minimum atomic E-state index is -0.160. The molecule has 10 aromatic carbocycles. The summed E-state index contributed by atoms with van der Waals surface area (Å²) in [6.45, 7) is 13.9. The van der Waals surface area contributed by atoms with Crippen LogP contribution in [0.15, 0.2) is 243 Å². The van der Waals surface area contributed by atoms with Gasteiger partial charge in [0.25, 0.3) is 0 Å². The largest absolute Gasteiger partial charge is 0.208 e. The Morgan fingerprint density at radius 1 is 0.235 bits per heavy atom. The maximum atomic E-state index is 5.23. The van der Waals surface area contributed by atoms with E-state index < -0.39 is 0 Å². The zero-order valence-corrected chi connectivity index (χ0v) is 47.0. The molecule has 0 aliphatic heterocycles. The standard InChI is InChI=1S/C74H58N6S/c1-73(2,3)51-43-61(57-39-21-19-35-53(57)55-37-23-25-41-59(55)71-77-67(47-27-11-7-12-28-47)75-68(78-71)48-29-13-8-14-30-48)65-63(45-51)64-46-52(74(4,5)6)44-62(66(64)81-65)58-40-22-20-36-54(58)56-38-24-26-42-60(56)72-79-69(49-31-15-9-16-32-49)76-70(80-72)50-33-17-10-18-34-50/h7-46H,1-6H3. The molecule has 0 amide bonds. The van der Waals surface area contributed by atoms with Gasteiger partial charge < -0.3 is 0 Å². The molecular weight excluding hydrogens is 1000 g/mol. The second kappa shape index (κ2) is 20.9. The number of nitrogens with zero attached hydrogens (tertiary/aromatic N) is 6. The van der Waals surface area contributed by atoms with E-state index in [0.29, 0.717) is 34.9 Å². The lowest BCUT2D eigenvalue weighted by Gasteiger charge is -2.23. The number of thiophene rings is 1. The summed E-state index contributed by atoms with van der Waals surface area (Å²) in [7, 11) is 0. The third-order valence-corrected chi connectivity index (χ3v) is 16.4. The van der Waals surface area contributed by atoms with E-state index in [1.165, 1.54) is 42.4 Å². The van der Waals surface area contributed by atoms with E-state index in [-0.39, 0.29) is 10.8 Å². The normalized spacial score (nSPS) is 11.8. The molecule has 0 radical (unpaired) electrons. The number of aromatic nitrogens is 6. The minimum Gasteiger partial charge on any atom is -0.208 e. The van der Waals surface area contributed by atoms with Crippen LogP contribution in [0.4, 0.5) is 0 Å². The van der Waals surface area contributed by atoms with Crippen molar-refractivity contribution in [1.82, 2.24) is 29.9 Å². The van der Waals surface area contributed by atoms with Crippen molar-refractivity contribution in [3.05, 3.63) is 254 Å². The lowest BCUT2D eigenvalue weighted by Crippen LogP contribution is -2.11. The fourth-order valence-corrected chi connectivity index (χ4v) is 12.2. The molecule has 0 saturated carbocycles. The van der Waals surface area contributed by atoms with Crippen LogP contribution < -0.4 is 0 Å². The van der Waals surface area contributed by atoms with Crippen LogP contribution in [0.5, 0.6) is 0 Å². The third kappa shape index (κ3) is 9.91. The lowest BCUT2D eigenvalue weighted by atomic mass is 9.81. The smallest absolute Gasteiger partial charge is 0.164 e. The SMILES string of the molecule is CC(C)(C)c1cc(-c2ccccc2-c2ccccc2-c2nc(-c3ccccc3)nc(-c3ccccc3)n2)c2sc3c(-c4ccccc4-c4ccccc4-c4nc(-c5ccccc5)nc(-c5ccccc5)n4)cc(C(C)(C)C)cc3c2c1. The maximum absolute atomic E-state index is 5.23. The van der Waals surface area contributed by atoms with Crippen molar-refractivity contribution in [3.63, 3.8) is 0 Å². The summed E-state index contributed by atoms with van der Waals surface area (Å²) < 4.78 is 2.47. The number of rotatable bonds is 10. The van der Waals surface area contributed by atoms with Gasteiger partial charge in [0.1, 0.15) is 0 Å². The molecule has 3 heterocycles. The van der Waals surface area contributed by atoms with Crippen molar-refractivity contribution < 1.29 is 0 Å². The summed E-state index contributed by atoms with van der Waals surface area (Å²) in [5, 5.41) is 2.49. The summed E-state index contributed by atoms with van der Waals surface area (Å²) in [4.78, 5) is 31.0. The molecule has 13 aromatic rings. The Balaban J connectivity index is 1.02. The summed E-state index contributed by atoms with van der Waals surface area (Å²) in [5.74, 6) is 3.75. The first-order valence-corrected chi connectivity index (χ1v) is 28.4. The molecule has 390 valence electrons. The van der Waals surface area contributed by atoms with Gasteiger partial charge in [0, 0.05) is 64.7 Å². The Kier molecular flexibility index (Phi) is 13.1. The van der Waals surface area contributed by atoms with Crippen LogP contribution in [0.2, 0.25) is 0 Å². The van der Waals surface area contributed by atoms with Crippen molar-refractivity contribution in [3.8, 4) is 113 Å². The molecular formula is C74H58N6S. The second-order valence-corrected chi connectivity index (χ2v) is 23.7. The highest BCUT2D eigenvalue weighted by atomic mass is 32.1. The fraction of sp³-hybridized carbons (Fsp3) is 0.108. The molecule has 13 rings (SSSR count). The average molecular weight is 1060 g/mol. The van der Waals surface area contributed by atoms with E-state index in [0.717, 1.165) is 66.8 Å². The van der Waals surface area contributed by atoms with Crippen molar-refractivity contribution in [2.45, 2.75) is 52.4 Å². The average Bonchev–Trinajstić information content (AvgIpc) is 4.10. The van der Waals surface area contributed by atoms with Gasteiger partial charge in [-0.05, 0) is 79.6 Å². The minimum absolute atomic E-state index is 0.160. The van der Waals surface area contributed by atoms with Gasteiger partial charge >= 0.3 is 0 Å². The second-order valence-electron chi connectivity index (χ2n) is 22.7. The molecule has 0 atom stereocenters. The van der Waals surface area contributed by atoms with Gasteiger partial charge in [0.2, 0.25) is 0 Å². The van der Waals surface area contributed by atoms with E-state index in [9.17, 15) is 0 Å². The molecule has 0 aliphatic rings. The third-order valence-electron chi connectivity index (χ3n) is 15.2. The van der Waals surface area contributed by atoms with Crippen molar-refractivity contribution in [1.29, 1.82) is 0 Å². The Morgan fingerprint density at radius 2 is 0.457 bits per heavy atom. The summed E-state index contributed by atoms with van der Waals surface area (Å²) in [6, 6.07) is 85.4. The quantitative estimate of drug-likeness (QED) is 0.136. The molecule has 0 unspecified atom stereocenters. The van der Waals surface area contributed by atoms with Gasteiger partial charge in [-0.1, -0.05) is 260 Å². The van der Waals surface area contributed by atoms with Crippen molar-refractivity contribution in [2.75, 3.05) is 0 Å². The van der Waals surface area contributed by atoms with Crippen LogP contribution in [-0.2, 0) is 10.8 Å². The Bertz CT molecular complexity index is 4060. The predicted octanol–water partition coefficient (Wildman–Crippen LogP) is 19.7. The molecule has 3 aromatic heterocycles. The molecule has 0 spiro atoms. The Labute approximate surface area is 477 Å². The lowest BCUT2D eigenvalue weighted by molar-refractivity contribution is 0.590. The monoisotopic (exact) mass is 1060 g/mol. The maximum Gasteiger partial charge on any atom is 0.164 e. The van der Waals surface area contributed by atoms with Gasteiger partial charge in [-0.3, -0.25) is 0 Å². The van der Waals surface area contributed by atoms with E-state index in [2.05, 4.69) is 211 Å². The summed E-state index contributed by atoms with van der Waals surface area (Å²) in [5.41, 5.74) is 16.7. The van der Waals surface area contributed by atoms with Gasteiger partial charge in [-0.15, -0.1) is 11.3 Å². The highest BCUT2D eigenvalue weighted by molar-refractivity contribution is 7.27. The van der Waals surface area contributed by atoms with Gasteiger partial charge in [0.05, 0.1) is 0 Å². The topological polar surface area (TPSA) is 77.3 Å². The number of hydrogen-bond donors (Lipinski definition) is 0. The molecule has 0 N–H and O–H groups in total. The zero-order chi connectivity index (χ0) is 55.2. The van der Waals surface area contributed by atoms with Crippen molar-refractivity contribution in [2.24, 2.45) is 0 Å². The van der Waals surface area contributed by atoms with E-state index >= 15 is 0 Å². The van der Waals surface area contributed by atoms with Crippen molar-refractivity contribution >= 4 is 31.5 Å². The van der Waals surface area contributed by atoms with Gasteiger partial charge in [-0.25, -0.2) is 29.9 Å². The molecule has 6 nitrogen and oxygen atoms in total. The number of benzene rings is 10. The number of fused-ring (bicyclic) bond motifs is 3. The van der Waals surface area contributed by atoms with Crippen LogP contribution >= 0.6 is 11.3 Å². The Hall–Kier alpha value is -9.56. The van der Waals surface area contributed by atoms with E-state index in [4.69, 9.17) is 29.9 Å². The van der Waals surface area contributed by atoms with Crippen LogP contribution in [0.25, 0.3) is 133 Å². The molecule has 0 bridgehead atoms. The fourth-order valence-electron chi connectivity index (χ4n) is 10.8. The van der Waals surface area contributed by atoms with Crippen LogP contribution in [0, 0.1) is 0 Å². The number of hydrogen-bond acceptors (Lipinski definition) is 7. The summed E-state index contributed by atoms with van der Waals surface area (Å²) in [6.07, 6.45) is 0. The van der Waals surface area contributed by atoms with Gasteiger partial charge in [-0.2, -0.15) is 0 Å². The zero-order valence-electron chi connectivity index (χ0n) is 46.2. The molecule has 81 heavy (non-hydrogen) atoms. The van der Waals surface area contributed by atoms with E-state index in [1.807, 2.05) is 84.1 Å². The van der Waals surface area contributed by atoms with Gasteiger partial charge in [0.15, 0.2) is 34.9 Å². The highest BCUT2D eigenvalue weighted by Gasteiger charge is 2.27. The molecule has 0 saturated heterocycles. The van der Waals surface area contributed by atoms with Crippen LogP contribution in [0.3, 0.4) is 0 Å². The Morgan fingerprint density at radius 3 is 0.728 bits per heavy atom. The summed E-state index contributed by atoms with van der Waals surface area (Å²) >= 11 is 1.88. The first-order valence-electron chi connectivity index (χ1n) is 27.6. The first-order chi connectivity index (χ1) is 39.4. The molecule has 7 heteroatoms. The predicted molar refractivity (Wildman–Crippen MR) is 338 cm³/mol. The molecule has 0 aliphatic carbocycles. The van der Waals surface area contributed by atoms with E-state index in [1.54, 1.807) is 0 Å². The van der Waals surface area contributed by atoms with Crippen LogP contribution in [-0.4, -0.2) is 29.9 Å². The first kappa shape index (κ1) is 50.9.